The number of halogens is 2. The first-order valence-corrected chi connectivity index (χ1v) is 8.90. The summed E-state index contributed by atoms with van der Waals surface area (Å²) in [6.07, 6.45) is 2.32. The third-order valence-electron chi connectivity index (χ3n) is 3.82. The number of aromatic nitrogens is 3. The number of nitrogens with two attached hydrogens (primary N) is 1. The Morgan fingerprint density at radius 1 is 1.36 bits per heavy atom. The Labute approximate surface area is 147 Å². The Morgan fingerprint density at radius 3 is 2.80 bits per heavy atom. The Morgan fingerprint density at radius 2 is 2.12 bits per heavy atom. The van der Waals surface area contributed by atoms with E-state index in [1.165, 1.54) is 17.8 Å². The first kappa shape index (κ1) is 17.7. The quantitative estimate of drug-likeness (QED) is 0.688. The summed E-state index contributed by atoms with van der Waals surface area (Å²) in [6, 6.07) is 6.65. The van der Waals surface area contributed by atoms with Crippen LogP contribution in [0, 0.1) is 0 Å². The van der Waals surface area contributed by atoms with Gasteiger partial charge in [-0.2, -0.15) is 8.78 Å². The fourth-order valence-electron chi connectivity index (χ4n) is 2.46. The summed E-state index contributed by atoms with van der Waals surface area (Å²) in [7, 11) is 0. The molecular weight excluding hydrogens is 350 g/mol. The molecule has 1 fully saturated rings. The highest BCUT2D eigenvalue weighted by molar-refractivity contribution is 7.98. The topological polar surface area (TPSA) is 83.0 Å². The Bertz CT molecular complexity index is 749. The maximum absolute atomic E-state index is 12.5. The maximum atomic E-state index is 12.5. The highest BCUT2D eigenvalue weighted by atomic mass is 32.2. The Kier molecular flexibility index (Phi) is 5.52. The van der Waals surface area contributed by atoms with E-state index in [2.05, 4.69) is 14.9 Å². The number of hydrogen-bond donors (Lipinski definition) is 1. The molecule has 1 aromatic carbocycles. The highest BCUT2D eigenvalue weighted by Crippen LogP contribution is 2.40. The minimum Gasteiger partial charge on any atom is -0.435 e. The lowest BCUT2D eigenvalue weighted by Crippen LogP contribution is -2.15. The molecule has 0 spiro atoms. The molecule has 0 radical (unpaired) electrons. The minimum absolute atomic E-state index is 0.149. The predicted molar refractivity (Wildman–Crippen MR) is 88.4 cm³/mol. The molecule has 1 saturated carbocycles. The fourth-order valence-corrected chi connectivity index (χ4v) is 3.42. The number of ether oxygens (including phenoxy) is 1. The molecule has 6 nitrogen and oxygen atoms in total. The number of hydrogen-bond acceptors (Lipinski definition) is 5. The second kappa shape index (κ2) is 7.81. The number of thioether (sulfide) groups is 1. The Hall–Kier alpha value is -2.16. The van der Waals surface area contributed by atoms with Crippen LogP contribution in [-0.2, 0) is 17.1 Å². The molecule has 3 rings (SSSR count). The zero-order valence-electron chi connectivity index (χ0n) is 13.4. The van der Waals surface area contributed by atoms with Crippen molar-refractivity contribution in [2.45, 2.75) is 49.2 Å². The van der Waals surface area contributed by atoms with Gasteiger partial charge in [0.05, 0.1) is 0 Å². The molecule has 0 atom stereocenters. The summed E-state index contributed by atoms with van der Waals surface area (Å²) >= 11 is 1.37. The van der Waals surface area contributed by atoms with E-state index in [-0.39, 0.29) is 18.1 Å². The molecular formula is C16H18F2N4O2S. The van der Waals surface area contributed by atoms with Gasteiger partial charge in [0.25, 0.3) is 0 Å². The van der Waals surface area contributed by atoms with Crippen molar-refractivity contribution in [3.63, 3.8) is 0 Å². The molecule has 1 aromatic heterocycles. The highest BCUT2D eigenvalue weighted by Gasteiger charge is 2.30. The standard InChI is InChI=1S/C16H18F2N4O2S/c17-15(18)24-12-4-2-1-3-11(12)9-25-16-21-20-14(10-5-6-10)22(16)8-7-13(19)23/h1-4,10,15H,5-9H2,(H2,19,23). The monoisotopic (exact) mass is 368 g/mol. The molecule has 0 saturated heterocycles. The van der Waals surface area contributed by atoms with Gasteiger partial charge in [-0.15, -0.1) is 10.2 Å². The van der Waals surface area contributed by atoms with E-state index in [9.17, 15) is 13.6 Å². The van der Waals surface area contributed by atoms with E-state index in [4.69, 9.17) is 5.73 Å². The molecule has 9 heteroatoms. The molecule has 0 bridgehead atoms. The third-order valence-corrected chi connectivity index (χ3v) is 4.83. The maximum Gasteiger partial charge on any atom is 0.387 e. The second-order valence-corrected chi connectivity index (χ2v) is 6.70. The van der Waals surface area contributed by atoms with Gasteiger partial charge in [-0.05, 0) is 18.9 Å². The normalized spacial score (nSPS) is 14.0. The van der Waals surface area contributed by atoms with Crippen molar-refractivity contribution in [2.75, 3.05) is 0 Å². The summed E-state index contributed by atoms with van der Waals surface area (Å²) in [5.41, 5.74) is 5.89. The molecule has 0 aliphatic heterocycles. The Balaban J connectivity index is 1.74. The van der Waals surface area contributed by atoms with Crippen molar-refractivity contribution in [3.05, 3.63) is 35.7 Å². The third kappa shape index (κ3) is 4.68. The lowest BCUT2D eigenvalue weighted by molar-refractivity contribution is -0.118. The first-order chi connectivity index (χ1) is 12.0. The summed E-state index contributed by atoms with van der Waals surface area (Å²) in [5.74, 6) is 1.41. The van der Waals surface area contributed by atoms with E-state index >= 15 is 0 Å². The van der Waals surface area contributed by atoms with Crippen LogP contribution in [0.15, 0.2) is 29.4 Å². The zero-order chi connectivity index (χ0) is 17.8. The van der Waals surface area contributed by atoms with Gasteiger partial charge >= 0.3 is 6.61 Å². The molecule has 1 aliphatic carbocycles. The summed E-state index contributed by atoms with van der Waals surface area (Å²) in [5, 5.41) is 9.07. The number of alkyl halides is 2. The number of carbonyl (C=O) groups excluding carboxylic acids is 1. The van der Waals surface area contributed by atoms with E-state index in [0.29, 0.717) is 28.9 Å². The lowest BCUT2D eigenvalue weighted by atomic mass is 10.2. The number of para-hydroxylation sites is 1. The van der Waals surface area contributed by atoms with Crippen LogP contribution in [0.25, 0.3) is 0 Å². The SMILES string of the molecule is NC(=O)CCn1c(SCc2ccccc2OC(F)F)nnc1C1CC1. The van der Waals surface area contributed by atoms with Gasteiger partial charge < -0.3 is 15.0 Å². The average Bonchev–Trinajstić information content (AvgIpc) is 3.32. The molecule has 1 heterocycles. The number of amides is 1. The van der Waals surface area contributed by atoms with Crippen molar-refractivity contribution in [3.8, 4) is 5.75 Å². The van der Waals surface area contributed by atoms with Crippen LogP contribution in [0.5, 0.6) is 5.75 Å². The van der Waals surface area contributed by atoms with Crippen molar-refractivity contribution in [1.82, 2.24) is 14.8 Å². The summed E-state index contributed by atoms with van der Waals surface area (Å²) in [6.45, 7) is -2.45. The van der Waals surface area contributed by atoms with E-state index in [0.717, 1.165) is 18.7 Å². The number of nitrogens with zero attached hydrogens (tertiary/aromatic N) is 3. The van der Waals surface area contributed by atoms with Crippen LogP contribution in [0.4, 0.5) is 8.78 Å². The molecule has 2 N–H and O–H groups in total. The molecule has 25 heavy (non-hydrogen) atoms. The molecule has 1 aliphatic rings. The second-order valence-electron chi connectivity index (χ2n) is 5.76. The van der Waals surface area contributed by atoms with Crippen LogP contribution >= 0.6 is 11.8 Å². The van der Waals surface area contributed by atoms with Gasteiger partial charge in [-0.25, -0.2) is 0 Å². The predicted octanol–water partition coefficient (Wildman–Crippen LogP) is 2.92. The van der Waals surface area contributed by atoms with Gasteiger partial charge in [0.15, 0.2) is 5.16 Å². The van der Waals surface area contributed by atoms with Crippen LogP contribution in [0.1, 0.15) is 36.6 Å². The number of benzene rings is 1. The lowest BCUT2D eigenvalue weighted by Gasteiger charge is -2.11. The molecule has 2 aromatic rings. The number of rotatable bonds is 9. The van der Waals surface area contributed by atoms with Gasteiger partial charge in [-0.3, -0.25) is 4.79 Å². The van der Waals surface area contributed by atoms with E-state index in [1.54, 1.807) is 18.2 Å². The van der Waals surface area contributed by atoms with Gasteiger partial charge in [-0.1, -0.05) is 30.0 Å². The van der Waals surface area contributed by atoms with Crippen LogP contribution in [-0.4, -0.2) is 27.3 Å². The molecule has 1 amide bonds. The van der Waals surface area contributed by atoms with Crippen LogP contribution < -0.4 is 10.5 Å². The number of carbonyl (C=O) groups is 1. The van der Waals surface area contributed by atoms with Crippen LogP contribution in [0.3, 0.4) is 0 Å². The molecule has 134 valence electrons. The van der Waals surface area contributed by atoms with E-state index < -0.39 is 6.61 Å². The van der Waals surface area contributed by atoms with Crippen LogP contribution in [0.2, 0.25) is 0 Å². The smallest absolute Gasteiger partial charge is 0.387 e. The summed E-state index contributed by atoms with van der Waals surface area (Å²) < 4.78 is 31.5. The largest absolute Gasteiger partial charge is 0.435 e. The average molecular weight is 368 g/mol. The number of primary amides is 1. The first-order valence-electron chi connectivity index (χ1n) is 7.91. The van der Waals surface area contributed by atoms with Gasteiger partial charge in [0.1, 0.15) is 11.6 Å². The fraction of sp³-hybridized carbons (Fsp3) is 0.438. The van der Waals surface area contributed by atoms with Gasteiger partial charge in [0.2, 0.25) is 5.91 Å². The van der Waals surface area contributed by atoms with Crippen molar-refractivity contribution < 1.29 is 18.3 Å². The van der Waals surface area contributed by atoms with Crippen molar-refractivity contribution in [1.29, 1.82) is 0 Å². The molecule has 0 unspecified atom stereocenters. The summed E-state index contributed by atoms with van der Waals surface area (Å²) in [4.78, 5) is 11.1. The van der Waals surface area contributed by atoms with Gasteiger partial charge in [0, 0.05) is 30.2 Å². The van der Waals surface area contributed by atoms with E-state index in [1.807, 2.05) is 4.57 Å². The minimum atomic E-state index is -2.87. The van der Waals surface area contributed by atoms with Crippen molar-refractivity contribution in [2.24, 2.45) is 5.73 Å². The van der Waals surface area contributed by atoms with Crippen molar-refractivity contribution >= 4 is 17.7 Å². The zero-order valence-corrected chi connectivity index (χ0v) is 14.2.